The van der Waals surface area contributed by atoms with E-state index in [2.05, 4.69) is 30.3 Å². The summed E-state index contributed by atoms with van der Waals surface area (Å²) >= 11 is 5.82. The molecule has 0 amide bonds. The van der Waals surface area contributed by atoms with Crippen LogP contribution in [0.3, 0.4) is 0 Å². The van der Waals surface area contributed by atoms with E-state index in [4.69, 9.17) is 16.3 Å². The molecule has 0 spiro atoms. The van der Waals surface area contributed by atoms with Gasteiger partial charge in [0, 0.05) is 6.07 Å². The number of aryl methyl sites for hydroxylation is 1. The SMILES string of the molecule is Oc1ccc(OCCCCCCc2ccccc2)cc1Cl. The van der Waals surface area contributed by atoms with Gasteiger partial charge in [-0.05, 0) is 37.0 Å². The first-order valence-electron chi connectivity index (χ1n) is 7.41. The van der Waals surface area contributed by atoms with Gasteiger partial charge in [-0.3, -0.25) is 0 Å². The Kier molecular flexibility index (Phi) is 6.42. The van der Waals surface area contributed by atoms with Gasteiger partial charge in [0.1, 0.15) is 11.5 Å². The van der Waals surface area contributed by atoms with Crippen molar-refractivity contribution < 1.29 is 9.84 Å². The van der Waals surface area contributed by atoms with Crippen LogP contribution in [0, 0.1) is 0 Å². The summed E-state index contributed by atoms with van der Waals surface area (Å²) in [6, 6.07) is 15.5. The molecule has 0 saturated carbocycles. The zero-order valence-corrected chi connectivity index (χ0v) is 12.9. The van der Waals surface area contributed by atoms with E-state index in [1.165, 1.54) is 24.8 Å². The first kappa shape index (κ1) is 15.7. The number of hydrogen-bond donors (Lipinski definition) is 1. The number of rotatable bonds is 8. The fraction of sp³-hybridized carbons (Fsp3) is 0.333. The fourth-order valence-electron chi connectivity index (χ4n) is 2.20. The van der Waals surface area contributed by atoms with Crippen molar-refractivity contribution in [2.75, 3.05) is 6.61 Å². The molecule has 1 N–H and O–H groups in total. The highest BCUT2D eigenvalue weighted by atomic mass is 35.5. The molecule has 0 saturated heterocycles. The normalized spacial score (nSPS) is 10.5. The van der Waals surface area contributed by atoms with Gasteiger partial charge in [-0.2, -0.15) is 0 Å². The number of aromatic hydroxyl groups is 1. The molecule has 2 aromatic rings. The van der Waals surface area contributed by atoms with Crippen LogP contribution in [-0.4, -0.2) is 11.7 Å². The Labute approximate surface area is 131 Å². The molecule has 21 heavy (non-hydrogen) atoms. The van der Waals surface area contributed by atoms with E-state index in [9.17, 15) is 5.11 Å². The van der Waals surface area contributed by atoms with Crippen LogP contribution in [0.25, 0.3) is 0 Å². The molecule has 2 rings (SSSR count). The van der Waals surface area contributed by atoms with Crippen LogP contribution in [0.2, 0.25) is 5.02 Å². The predicted molar refractivity (Wildman–Crippen MR) is 87.2 cm³/mol. The molecule has 0 radical (unpaired) electrons. The summed E-state index contributed by atoms with van der Waals surface area (Å²) in [4.78, 5) is 0. The Hall–Kier alpha value is -1.67. The largest absolute Gasteiger partial charge is 0.506 e. The van der Waals surface area contributed by atoms with E-state index in [1.54, 1.807) is 18.2 Å². The van der Waals surface area contributed by atoms with Gasteiger partial charge in [0.25, 0.3) is 0 Å². The van der Waals surface area contributed by atoms with Gasteiger partial charge in [-0.15, -0.1) is 0 Å². The summed E-state index contributed by atoms with van der Waals surface area (Å²) < 4.78 is 5.61. The number of unbranched alkanes of at least 4 members (excludes halogenated alkanes) is 3. The van der Waals surface area contributed by atoms with Crippen LogP contribution in [0.4, 0.5) is 0 Å². The lowest BCUT2D eigenvalue weighted by atomic mass is 10.1. The summed E-state index contributed by atoms with van der Waals surface area (Å²) in [5.74, 6) is 0.798. The van der Waals surface area contributed by atoms with E-state index in [0.29, 0.717) is 17.4 Å². The second-order valence-electron chi connectivity index (χ2n) is 5.11. The smallest absolute Gasteiger partial charge is 0.134 e. The number of halogens is 1. The molecule has 0 aromatic heterocycles. The second kappa shape index (κ2) is 8.58. The summed E-state index contributed by atoms with van der Waals surface area (Å²) in [6.45, 7) is 0.687. The third kappa shape index (κ3) is 5.68. The van der Waals surface area contributed by atoms with Crippen molar-refractivity contribution in [3.05, 3.63) is 59.1 Å². The Morgan fingerprint density at radius 3 is 2.43 bits per heavy atom. The first-order chi connectivity index (χ1) is 10.3. The highest BCUT2D eigenvalue weighted by molar-refractivity contribution is 6.32. The fourth-order valence-corrected chi connectivity index (χ4v) is 2.37. The summed E-state index contributed by atoms with van der Waals surface area (Å²) in [7, 11) is 0. The summed E-state index contributed by atoms with van der Waals surface area (Å²) in [6.07, 6.45) is 5.78. The maximum absolute atomic E-state index is 9.32. The lowest BCUT2D eigenvalue weighted by molar-refractivity contribution is 0.304. The van der Waals surface area contributed by atoms with Crippen molar-refractivity contribution in [3.63, 3.8) is 0 Å². The van der Waals surface area contributed by atoms with E-state index < -0.39 is 0 Å². The topological polar surface area (TPSA) is 29.5 Å². The highest BCUT2D eigenvalue weighted by Crippen LogP contribution is 2.27. The zero-order valence-electron chi connectivity index (χ0n) is 12.1. The van der Waals surface area contributed by atoms with E-state index in [1.807, 2.05) is 0 Å². The number of phenolic OH excluding ortho intramolecular Hbond substituents is 1. The van der Waals surface area contributed by atoms with Crippen LogP contribution >= 0.6 is 11.6 Å². The Morgan fingerprint density at radius 2 is 1.67 bits per heavy atom. The maximum atomic E-state index is 9.32. The maximum Gasteiger partial charge on any atom is 0.134 e. The van der Waals surface area contributed by atoms with Gasteiger partial charge >= 0.3 is 0 Å². The van der Waals surface area contributed by atoms with Crippen molar-refractivity contribution in [3.8, 4) is 11.5 Å². The monoisotopic (exact) mass is 304 g/mol. The molecule has 2 aromatic carbocycles. The molecule has 0 bridgehead atoms. The van der Waals surface area contributed by atoms with Crippen molar-refractivity contribution in [2.45, 2.75) is 32.1 Å². The molecule has 0 aliphatic rings. The van der Waals surface area contributed by atoms with Crippen LogP contribution < -0.4 is 4.74 Å². The number of benzene rings is 2. The first-order valence-corrected chi connectivity index (χ1v) is 7.79. The molecule has 0 heterocycles. The molecular weight excluding hydrogens is 284 g/mol. The molecule has 3 heteroatoms. The Morgan fingerprint density at radius 1 is 0.905 bits per heavy atom. The van der Waals surface area contributed by atoms with Crippen LogP contribution in [0.5, 0.6) is 11.5 Å². The minimum atomic E-state index is 0.0879. The zero-order chi connectivity index (χ0) is 14.9. The van der Waals surface area contributed by atoms with Gasteiger partial charge in [0.15, 0.2) is 0 Å². The minimum Gasteiger partial charge on any atom is -0.506 e. The standard InChI is InChI=1S/C18H21ClO2/c19-17-14-16(11-12-18(17)20)21-13-7-2-1-4-8-15-9-5-3-6-10-15/h3,5-6,9-12,14,20H,1-2,4,7-8,13H2. The second-order valence-corrected chi connectivity index (χ2v) is 5.52. The Balaban J connectivity index is 1.55. The van der Waals surface area contributed by atoms with Crippen molar-refractivity contribution in [2.24, 2.45) is 0 Å². The van der Waals surface area contributed by atoms with Gasteiger partial charge in [-0.1, -0.05) is 54.8 Å². The van der Waals surface area contributed by atoms with Crippen LogP contribution in [0.15, 0.2) is 48.5 Å². The van der Waals surface area contributed by atoms with Gasteiger partial charge in [-0.25, -0.2) is 0 Å². The van der Waals surface area contributed by atoms with Gasteiger partial charge < -0.3 is 9.84 Å². The molecule has 0 fully saturated rings. The molecule has 0 aliphatic heterocycles. The van der Waals surface area contributed by atoms with Crippen LogP contribution in [-0.2, 0) is 6.42 Å². The van der Waals surface area contributed by atoms with Gasteiger partial charge in [0.05, 0.1) is 11.6 Å². The van der Waals surface area contributed by atoms with Crippen LogP contribution in [0.1, 0.15) is 31.2 Å². The molecule has 0 aliphatic carbocycles. The van der Waals surface area contributed by atoms with E-state index >= 15 is 0 Å². The van der Waals surface area contributed by atoms with Crippen molar-refractivity contribution in [1.29, 1.82) is 0 Å². The summed E-state index contributed by atoms with van der Waals surface area (Å²) in [5.41, 5.74) is 1.41. The molecule has 0 atom stereocenters. The van der Waals surface area contributed by atoms with E-state index in [0.717, 1.165) is 12.8 Å². The van der Waals surface area contributed by atoms with Crippen molar-refractivity contribution in [1.82, 2.24) is 0 Å². The van der Waals surface area contributed by atoms with Crippen molar-refractivity contribution >= 4 is 11.6 Å². The quantitative estimate of drug-likeness (QED) is 0.677. The number of ether oxygens (including phenoxy) is 1. The Bertz CT molecular complexity index is 540. The number of phenols is 1. The predicted octanol–water partition coefficient (Wildman–Crippen LogP) is 5.23. The average molecular weight is 305 g/mol. The third-order valence-electron chi connectivity index (χ3n) is 3.39. The average Bonchev–Trinajstić information content (AvgIpc) is 2.51. The highest BCUT2D eigenvalue weighted by Gasteiger charge is 2.00. The van der Waals surface area contributed by atoms with Gasteiger partial charge in [0.2, 0.25) is 0 Å². The lowest BCUT2D eigenvalue weighted by Crippen LogP contribution is -1.97. The molecule has 112 valence electrons. The molecular formula is C18H21ClO2. The third-order valence-corrected chi connectivity index (χ3v) is 3.69. The summed E-state index contributed by atoms with van der Waals surface area (Å²) in [5, 5.41) is 9.65. The lowest BCUT2D eigenvalue weighted by Gasteiger charge is -2.07. The minimum absolute atomic E-state index is 0.0879. The number of hydrogen-bond acceptors (Lipinski definition) is 2. The van der Waals surface area contributed by atoms with E-state index in [-0.39, 0.29) is 5.75 Å². The molecule has 2 nitrogen and oxygen atoms in total. The molecule has 0 unspecified atom stereocenters.